The minimum atomic E-state index is 0. The zero-order valence-corrected chi connectivity index (χ0v) is 8.85. The maximum Gasteiger partial charge on any atom is 0.0499 e. The second kappa shape index (κ2) is 4.16. The number of aliphatic hydroxyl groups is 1. The number of aliphatic hydroxyl groups excluding tert-OH is 1. The van der Waals surface area contributed by atoms with Crippen LogP contribution in [0.15, 0.2) is 0 Å². The van der Waals surface area contributed by atoms with Crippen LogP contribution in [0.4, 0.5) is 0 Å². The van der Waals surface area contributed by atoms with Crippen molar-refractivity contribution in [3.8, 4) is 0 Å². The van der Waals surface area contributed by atoms with Gasteiger partial charge in [0.25, 0.3) is 0 Å². The van der Waals surface area contributed by atoms with E-state index in [-0.39, 0.29) is 17.8 Å². The van der Waals surface area contributed by atoms with Gasteiger partial charge in [0.05, 0.1) is 0 Å². The lowest BCUT2D eigenvalue weighted by molar-refractivity contribution is 0.128. The van der Waals surface area contributed by atoms with Gasteiger partial charge in [-0.15, -0.1) is 12.4 Å². The first-order chi connectivity index (χ1) is 5.79. The van der Waals surface area contributed by atoms with E-state index in [2.05, 4.69) is 0 Å². The normalized spacial score (nSPS) is 42.9. The zero-order chi connectivity index (χ0) is 8.60. The van der Waals surface area contributed by atoms with Gasteiger partial charge in [0.15, 0.2) is 0 Å². The topological polar surface area (TPSA) is 46.2 Å². The fourth-order valence-corrected chi connectivity index (χ4v) is 3.21. The molecule has 0 aromatic rings. The lowest BCUT2D eigenvalue weighted by Gasteiger charge is -2.25. The summed E-state index contributed by atoms with van der Waals surface area (Å²) in [5.74, 6) is 1.78. The molecule has 2 unspecified atom stereocenters. The second-order valence-corrected chi connectivity index (χ2v) is 4.72. The molecule has 0 aromatic carbocycles. The summed E-state index contributed by atoms with van der Waals surface area (Å²) in [5.41, 5.74) is 5.83. The summed E-state index contributed by atoms with van der Waals surface area (Å²) in [5, 5.41) is 9.29. The molecule has 0 aromatic heterocycles. The highest BCUT2D eigenvalue weighted by molar-refractivity contribution is 5.85. The lowest BCUT2D eigenvalue weighted by Crippen LogP contribution is -2.32. The van der Waals surface area contributed by atoms with E-state index >= 15 is 0 Å². The number of hydrogen-bond acceptors (Lipinski definition) is 2. The van der Waals surface area contributed by atoms with Gasteiger partial charge >= 0.3 is 0 Å². The van der Waals surface area contributed by atoms with Crippen LogP contribution < -0.4 is 5.73 Å². The van der Waals surface area contributed by atoms with E-state index < -0.39 is 0 Å². The van der Waals surface area contributed by atoms with Gasteiger partial charge in [0.1, 0.15) is 0 Å². The molecule has 2 fully saturated rings. The maximum atomic E-state index is 9.29. The fraction of sp³-hybridized carbons (Fsp3) is 1.00. The summed E-state index contributed by atoms with van der Waals surface area (Å²) in [6.45, 7) is 0.979. The highest BCUT2D eigenvalue weighted by atomic mass is 35.5. The number of nitrogens with two attached hydrogens (primary N) is 1. The zero-order valence-electron chi connectivity index (χ0n) is 8.04. The van der Waals surface area contributed by atoms with Gasteiger partial charge in [0, 0.05) is 18.6 Å². The Morgan fingerprint density at radius 3 is 2.15 bits per heavy atom. The van der Waals surface area contributed by atoms with Crippen LogP contribution in [0.3, 0.4) is 0 Å². The number of fused-ring (bicyclic) bond motifs is 1. The second-order valence-electron chi connectivity index (χ2n) is 4.72. The molecule has 0 radical (unpaired) electrons. The third kappa shape index (κ3) is 1.85. The maximum absolute atomic E-state index is 9.29. The molecule has 2 saturated carbocycles. The monoisotopic (exact) mass is 205 g/mol. The first kappa shape index (κ1) is 11.3. The third-order valence-corrected chi connectivity index (χ3v) is 3.98. The quantitative estimate of drug-likeness (QED) is 0.719. The molecule has 0 saturated heterocycles. The van der Waals surface area contributed by atoms with Gasteiger partial charge in [-0.25, -0.2) is 0 Å². The average molecular weight is 206 g/mol. The van der Waals surface area contributed by atoms with Gasteiger partial charge < -0.3 is 10.8 Å². The molecule has 2 aliphatic carbocycles. The minimum Gasteiger partial charge on any atom is -0.396 e. The number of rotatable bonds is 2. The Morgan fingerprint density at radius 1 is 1.23 bits per heavy atom. The average Bonchev–Trinajstić information content (AvgIpc) is 2.61. The smallest absolute Gasteiger partial charge is 0.0499 e. The summed E-state index contributed by atoms with van der Waals surface area (Å²) in [6.07, 6.45) is 6.54. The van der Waals surface area contributed by atoms with Crippen molar-refractivity contribution in [1.29, 1.82) is 0 Å². The van der Waals surface area contributed by atoms with Crippen LogP contribution in [0.2, 0.25) is 0 Å². The van der Waals surface area contributed by atoms with Gasteiger partial charge in [-0.1, -0.05) is 19.3 Å². The van der Waals surface area contributed by atoms with E-state index in [0.29, 0.717) is 13.2 Å². The number of halogens is 1. The van der Waals surface area contributed by atoms with Crippen molar-refractivity contribution >= 4 is 12.4 Å². The summed E-state index contributed by atoms with van der Waals surface area (Å²) >= 11 is 0. The van der Waals surface area contributed by atoms with Crippen LogP contribution in [0.25, 0.3) is 0 Å². The van der Waals surface area contributed by atoms with E-state index in [4.69, 9.17) is 5.73 Å². The van der Waals surface area contributed by atoms with E-state index in [1.165, 1.54) is 32.1 Å². The van der Waals surface area contributed by atoms with Gasteiger partial charge in [0.2, 0.25) is 0 Å². The molecule has 2 nitrogen and oxygen atoms in total. The van der Waals surface area contributed by atoms with Crippen LogP contribution in [-0.4, -0.2) is 18.3 Å². The Bertz CT molecular complexity index is 156. The predicted octanol–water partition coefficient (Wildman–Crippen LogP) is 1.56. The standard InChI is InChI=1S/C10H19NO.ClH/c11-6-10(7-12)4-8-2-1-3-9(8)5-10;/h8-9,12H,1-7,11H2;1H. The molecule has 3 N–H and O–H groups in total. The Morgan fingerprint density at radius 2 is 1.77 bits per heavy atom. The Balaban J connectivity index is 0.000000845. The molecule has 0 bridgehead atoms. The van der Waals surface area contributed by atoms with Crippen LogP contribution in [-0.2, 0) is 0 Å². The molecular weight excluding hydrogens is 186 g/mol. The predicted molar refractivity (Wildman–Crippen MR) is 55.9 cm³/mol. The van der Waals surface area contributed by atoms with Crippen molar-refractivity contribution < 1.29 is 5.11 Å². The van der Waals surface area contributed by atoms with Crippen LogP contribution >= 0.6 is 12.4 Å². The first-order valence-corrected chi connectivity index (χ1v) is 5.11. The SMILES string of the molecule is Cl.NCC1(CO)CC2CCCC2C1. The van der Waals surface area contributed by atoms with E-state index in [1.54, 1.807) is 0 Å². The summed E-state index contributed by atoms with van der Waals surface area (Å²) in [4.78, 5) is 0. The van der Waals surface area contributed by atoms with Crippen LogP contribution in [0.1, 0.15) is 32.1 Å². The van der Waals surface area contributed by atoms with Crippen LogP contribution in [0.5, 0.6) is 0 Å². The van der Waals surface area contributed by atoms with Crippen molar-refractivity contribution in [2.75, 3.05) is 13.2 Å². The molecule has 0 amide bonds. The molecule has 3 heteroatoms. The first-order valence-electron chi connectivity index (χ1n) is 5.11. The molecule has 13 heavy (non-hydrogen) atoms. The lowest BCUT2D eigenvalue weighted by atomic mass is 9.85. The summed E-state index contributed by atoms with van der Waals surface area (Å²) in [6, 6.07) is 0. The van der Waals surface area contributed by atoms with Gasteiger partial charge in [-0.2, -0.15) is 0 Å². The van der Waals surface area contributed by atoms with Gasteiger partial charge in [-0.05, 0) is 24.7 Å². The highest BCUT2D eigenvalue weighted by Crippen LogP contribution is 2.52. The van der Waals surface area contributed by atoms with Crippen molar-refractivity contribution in [2.24, 2.45) is 23.0 Å². The Labute approximate surface area is 86.3 Å². The molecule has 0 aliphatic heterocycles. The third-order valence-electron chi connectivity index (χ3n) is 3.98. The largest absolute Gasteiger partial charge is 0.396 e. The van der Waals surface area contributed by atoms with Gasteiger partial charge in [-0.3, -0.25) is 0 Å². The van der Waals surface area contributed by atoms with Crippen molar-refractivity contribution in [3.63, 3.8) is 0 Å². The molecule has 2 rings (SSSR count). The molecule has 2 aliphatic rings. The van der Waals surface area contributed by atoms with E-state index in [9.17, 15) is 5.11 Å². The molecule has 78 valence electrons. The Kier molecular flexibility index (Phi) is 3.61. The van der Waals surface area contributed by atoms with Crippen molar-refractivity contribution in [3.05, 3.63) is 0 Å². The van der Waals surface area contributed by atoms with E-state index in [1.807, 2.05) is 0 Å². The van der Waals surface area contributed by atoms with Crippen LogP contribution in [0, 0.1) is 17.3 Å². The number of hydrogen-bond donors (Lipinski definition) is 2. The molecule has 0 heterocycles. The van der Waals surface area contributed by atoms with E-state index in [0.717, 1.165) is 11.8 Å². The molecular formula is C10H20ClNO. The van der Waals surface area contributed by atoms with Crippen molar-refractivity contribution in [1.82, 2.24) is 0 Å². The highest BCUT2D eigenvalue weighted by Gasteiger charge is 2.45. The minimum absolute atomic E-state index is 0. The molecule has 2 atom stereocenters. The fourth-order valence-electron chi connectivity index (χ4n) is 3.21. The molecule has 0 spiro atoms. The summed E-state index contributed by atoms with van der Waals surface area (Å²) < 4.78 is 0. The summed E-state index contributed by atoms with van der Waals surface area (Å²) in [7, 11) is 0. The Hall–Kier alpha value is 0.210. The van der Waals surface area contributed by atoms with Crippen molar-refractivity contribution in [2.45, 2.75) is 32.1 Å².